The van der Waals surface area contributed by atoms with Gasteiger partial charge in [0.1, 0.15) is 5.82 Å². The third kappa shape index (κ3) is 5.24. The Bertz CT molecular complexity index is 963. The maximum absolute atomic E-state index is 6.00. The second-order valence-electron chi connectivity index (χ2n) is 8.59. The summed E-state index contributed by atoms with van der Waals surface area (Å²) in [5.74, 6) is 1.61. The topological polar surface area (TPSA) is 40.2 Å². The molecule has 0 spiro atoms. The highest BCUT2D eigenvalue weighted by Gasteiger charge is 2.21. The average Bonchev–Trinajstić information content (AvgIpc) is 2.77. The Kier molecular flexibility index (Phi) is 6.76. The molecule has 2 heterocycles. The number of para-hydroxylation sites is 1. The van der Waals surface area contributed by atoms with Crippen molar-refractivity contribution in [3.05, 3.63) is 65.2 Å². The molecule has 0 radical (unpaired) electrons. The molecule has 0 saturated carbocycles. The van der Waals surface area contributed by atoms with Crippen LogP contribution < -0.4 is 15.5 Å². The number of rotatable bonds is 7. The second-order valence-corrected chi connectivity index (χ2v) is 9.02. The van der Waals surface area contributed by atoms with Crippen LogP contribution in [0.2, 0.25) is 5.02 Å². The van der Waals surface area contributed by atoms with Gasteiger partial charge in [0.25, 0.3) is 0 Å². The lowest BCUT2D eigenvalue weighted by Crippen LogP contribution is -2.43. The van der Waals surface area contributed by atoms with Crippen LogP contribution in [0.1, 0.15) is 32.3 Å². The van der Waals surface area contributed by atoms with Crippen LogP contribution in [0.15, 0.2) is 54.6 Å². The Morgan fingerprint density at radius 1 is 1.07 bits per heavy atom. The Labute approximate surface area is 184 Å². The summed E-state index contributed by atoms with van der Waals surface area (Å²) in [5, 5.41) is 9.21. The summed E-state index contributed by atoms with van der Waals surface area (Å²) in [4.78, 5) is 7.37. The van der Waals surface area contributed by atoms with Crippen LogP contribution in [0.25, 0.3) is 10.9 Å². The maximum Gasteiger partial charge on any atom is 0.129 e. The molecule has 1 fully saturated rings. The van der Waals surface area contributed by atoms with Crippen molar-refractivity contribution < 1.29 is 0 Å². The molecule has 1 saturated heterocycles. The van der Waals surface area contributed by atoms with E-state index in [1.54, 1.807) is 0 Å². The summed E-state index contributed by atoms with van der Waals surface area (Å²) >= 11 is 6.00. The maximum atomic E-state index is 6.00. The van der Waals surface area contributed by atoms with Gasteiger partial charge < -0.3 is 15.5 Å². The van der Waals surface area contributed by atoms with E-state index in [-0.39, 0.29) is 0 Å². The van der Waals surface area contributed by atoms with Crippen molar-refractivity contribution in [2.45, 2.75) is 39.3 Å². The number of nitrogens with one attached hydrogen (secondary N) is 2. The zero-order valence-electron chi connectivity index (χ0n) is 17.9. The van der Waals surface area contributed by atoms with Crippen LogP contribution in [-0.2, 0) is 6.54 Å². The van der Waals surface area contributed by atoms with Gasteiger partial charge in [0.2, 0.25) is 0 Å². The van der Waals surface area contributed by atoms with Crippen LogP contribution in [0, 0.1) is 5.92 Å². The monoisotopic (exact) mass is 422 g/mol. The smallest absolute Gasteiger partial charge is 0.129 e. The van der Waals surface area contributed by atoms with Crippen molar-refractivity contribution in [3.8, 4) is 0 Å². The first-order valence-electron chi connectivity index (χ1n) is 10.9. The number of halogens is 1. The Morgan fingerprint density at radius 2 is 1.80 bits per heavy atom. The zero-order valence-corrected chi connectivity index (χ0v) is 18.6. The number of aromatic nitrogens is 1. The normalized spacial score (nSPS) is 15.1. The Hall–Kier alpha value is -2.30. The molecular weight excluding hydrogens is 392 g/mol. The minimum absolute atomic E-state index is 0.624. The standard InChI is InChI=1S/C25H31ClN4/c1-18(2)16-27-21-11-13-30(14-12-21)24-15-25(29-23-6-4-3-5-22(23)24)28-17-19-7-9-20(26)10-8-19/h3-10,15,18,21,27H,11-14,16-17H2,1-2H3,(H,28,29). The lowest BCUT2D eigenvalue weighted by atomic mass is 10.0. The predicted octanol–water partition coefficient (Wildman–Crippen LogP) is 5.71. The third-order valence-electron chi connectivity index (χ3n) is 5.73. The molecule has 3 aromatic rings. The quantitative estimate of drug-likeness (QED) is 0.511. The van der Waals surface area contributed by atoms with Gasteiger partial charge in [-0.15, -0.1) is 0 Å². The molecular formula is C25H31ClN4. The SMILES string of the molecule is CC(C)CNC1CCN(c2cc(NCc3ccc(Cl)cc3)nc3ccccc23)CC1. The number of piperidine rings is 1. The van der Waals surface area contributed by atoms with Crippen LogP contribution in [-0.4, -0.2) is 30.7 Å². The number of nitrogens with zero attached hydrogens (tertiary/aromatic N) is 2. The van der Waals surface area contributed by atoms with Gasteiger partial charge in [-0.3, -0.25) is 0 Å². The van der Waals surface area contributed by atoms with E-state index >= 15 is 0 Å². The molecule has 1 aliphatic heterocycles. The van der Waals surface area contributed by atoms with Gasteiger partial charge in [0, 0.05) is 47.8 Å². The van der Waals surface area contributed by atoms with Crippen molar-refractivity contribution >= 4 is 34.0 Å². The molecule has 0 unspecified atom stereocenters. The van der Waals surface area contributed by atoms with E-state index in [1.165, 1.54) is 29.5 Å². The highest BCUT2D eigenvalue weighted by atomic mass is 35.5. The fourth-order valence-corrected chi connectivity index (χ4v) is 4.16. The van der Waals surface area contributed by atoms with E-state index < -0.39 is 0 Å². The van der Waals surface area contributed by atoms with Crippen molar-refractivity contribution in [1.29, 1.82) is 0 Å². The molecule has 4 nitrogen and oxygen atoms in total. The number of hydrogen-bond acceptors (Lipinski definition) is 4. The van der Waals surface area contributed by atoms with Crippen molar-refractivity contribution in [2.75, 3.05) is 29.9 Å². The van der Waals surface area contributed by atoms with Gasteiger partial charge in [-0.1, -0.05) is 55.8 Å². The average molecular weight is 423 g/mol. The van der Waals surface area contributed by atoms with Crippen molar-refractivity contribution in [2.24, 2.45) is 5.92 Å². The van der Waals surface area contributed by atoms with Gasteiger partial charge in [0.05, 0.1) is 5.52 Å². The van der Waals surface area contributed by atoms with Gasteiger partial charge >= 0.3 is 0 Å². The minimum Gasteiger partial charge on any atom is -0.371 e. The van der Waals surface area contributed by atoms with E-state index in [1.807, 2.05) is 24.3 Å². The number of pyridine rings is 1. The predicted molar refractivity (Wildman–Crippen MR) is 129 cm³/mol. The number of anilines is 2. The number of benzene rings is 2. The molecule has 1 aliphatic rings. The molecule has 1 aromatic heterocycles. The van der Waals surface area contributed by atoms with E-state index in [4.69, 9.17) is 16.6 Å². The zero-order chi connectivity index (χ0) is 20.9. The van der Waals surface area contributed by atoms with Crippen molar-refractivity contribution in [1.82, 2.24) is 10.3 Å². The Balaban J connectivity index is 1.50. The van der Waals surface area contributed by atoms with E-state index in [0.717, 1.165) is 42.5 Å². The lowest BCUT2D eigenvalue weighted by Gasteiger charge is -2.35. The summed E-state index contributed by atoms with van der Waals surface area (Å²) < 4.78 is 0. The van der Waals surface area contributed by atoms with Crippen LogP contribution in [0.4, 0.5) is 11.5 Å². The first-order valence-corrected chi connectivity index (χ1v) is 11.3. The van der Waals surface area contributed by atoms with Gasteiger partial charge in [-0.25, -0.2) is 4.98 Å². The van der Waals surface area contributed by atoms with Crippen LogP contribution >= 0.6 is 11.6 Å². The third-order valence-corrected chi connectivity index (χ3v) is 5.98. The van der Waals surface area contributed by atoms with Crippen LogP contribution in [0.5, 0.6) is 0 Å². The molecule has 5 heteroatoms. The van der Waals surface area contributed by atoms with E-state index in [9.17, 15) is 0 Å². The molecule has 2 N–H and O–H groups in total. The molecule has 0 amide bonds. The Morgan fingerprint density at radius 3 is 2.53 bits per heavy atom. The fraction of sp³-hybridized carbons (Fsp3) is 0.400. The highest BCUT2D eigenvalue weighted by molar-refractivity contribution is 6.30. The fourth-order valence-electron chi connectivity index (χ4n) is 4.03. The number of hydrogen-bond donors (Lipinski definition) is 2. The highest BCUT2D eigenvalue weighted by Crippen LogP contribution is 2.31. The molecule has 0 aliphatic carbocycles. The van der Waals surface area contributed by atoms with Gasteiger partial charge in [0.15, 0.2) is 0 Å². The largest absolute Gasteiger partial charge is 0.371 e. The first kappa shape index (κ1) is 21.0. The molecule has 0 bridgehead atoms. The molecule has 158 valence electrons. The summed E-state index contributed by atoms with van der Waals surface area (Å²) in [6.07, 6.45) is 2.35. The summed E-state index contributed by atoms with van der Waals surface area (Å²) in [6.45, 7) is 8.50. The molecule has 30 heavy (non-hydrogen) atoms. The van der Waals surface area contributed by atoms with Crippen LogP contribution in [0.3, 0.4) is 0 Å². The van der Waals surface area contributed by atoms with E-state index in [2.05, 4.69) is 59.7 Å². The first-order chi connectivity index (χ1) is 14.6. The molecule has 2 aromatic carbocycles. The second kappa shape index (κ2) is 9.67. The summed E-state index contributed by atoms with van der Waals surface area (Å²) in [6, 6.07) is 19.2. The molecule has 0 atom stereocenters. The molecule has 4 rings (SSSR count). The van der Waals surface area contributed by atoms with Crippen molar-refractivity contribution in [3.63, 3.8) is 0 Å². The summed E-state index contributed by atoms with van der Waals surface area (Å²) in [5.41, 5.74) is 3.50. The van der Waals surface area contributed by atoms with Gasteiger partial charge in [-0.05, 0) is 49.1 Å². The van der Waals surface area contributed by atoms with E-state index in [0.29, 0.717) is 12.0 Å². The summed E-state index contributed by atoms with van der Waals surface area (Å²) in [7, 11) is 0. The van der Waals surface area contributed by atoms with Gasteiger partial charge in [-0.2, -0.15) is 0 Å². The lowest BCUT2D eigenvalue weighted by molar-refractivity contribution is 0.393. The number of fused-ring (bicyclic) bond motifs is 1. The minimum atomic E-state index is 0.624.